The van der Waals surface area contributed by atoms with Gasteiger partial charge < -0.3 is 10.2 Å². The van der Waals surface area contributed by atoms with Crippen molar-refractivity contribution in [1.82, 2.24) is 9.97 Å². The van der Waals surface area contributed by atoms with Gasteiger partial charge in [-0.25, -0.2) is 4.98 Å². The van der Waals surface area contributed by atoms with Crippen molar-refractivity contribution >= 4 is 39.8 Å². The third-order valence-corrected chi connectivity index (χ3v) is 5.53. The normalized spacial score (nSPS) is 15.4. The first-order valence-corrected chi connectivity index (χ1v) is 9.82. The molecule has 1 fully saturated rings. The molecule has 30 heavy (non-hydrogen) atoms. The molecule has 1 aliphatic heterocycles. The Morgan fingerprint density at radius 1 is 1.17 bits per heavy atom. The number of carbonyl (C=O) groups is 1. The first-order chi connectivity index (χ1) is 14.3. The number of anilines is 2. The van der Waals surface area contributed by atoms with Gasteiger partial charge in [-0.3, -0.25) is 9.78 Å². The monoisotopic (exact) mass is 434 g/mol. The topological polar surface area (TPSA) is 58.1 Å². The molecule has 0 spiro atoms. The maximum Gasteiger partial charge on any atom is 0.417 e. The van der Waals surface area contributed by atoms with E-state index in [1.54, 1.807) is 12.4 Å². The first kappa shape index (κ1) is 20.4. The minimum Gasteiger partial charge on any atom is -0.355 e. The molecule has 0 atom stereocenters. The minimum atomic E-state index is -4.49. The van der Waals surface area contributed by atoms with Gasteiger partial charge in [0.15, 0.2) is 0 Å². The van der Waals surface area contributed by atoms with E-state index in [9.17, 15) is 18.0 Å². The van der Waals surface area contributed by atoms with Crippen LogP contribution in [0.3, 0.4) is 0 Å². The lowest BCUT2D eigenvalue weighted by molar-refractivity contribution is -0.137. The average molecular weight is 435 g/mol. The van der Waals surface area contributed by atoms with E-state index in [1.165, 1.54) is 0 Å². The number of amides is 1. The van der Waals surface area contributed by atoms with Crippen LogP contribution in [0.2, 0.25) is 5.02 Å². The van der Waals surface area contributed by atoms with Gasteiger partial charge in [0, 0.05) is 54.1 Å². The summed E-state index contributed by atoms with van der Waals surface area (Å²) in [6.45, 7) is 0.964. The number of fused-ring (bicyclic) bond motifs is 1. The number of pyridine rings is 2. The maximum atomic E-state index is 12.8. The van der Waals surface area contributed by atoms with Crippen LogP contribution in [0.1, 0.15) is 18.4 Å². The molecule has 3 aromatic rings. The Morgan fingerprint density at radius 3 is 2.63 bits per heavy atom. The summed E-state index contributed by atoms with van der Waals surface area (Å²) in [5.74, 6) is 0.0297. The van der Waals surface area contributed by atoms with Crippen molar-refractivity contribution in [2.24, 2.45) is 5.92 Å². The van der Waals surface area contributed by atoms with Crippen molar-refractivity contribution in [3.05, 3.63) is 59.5 Å². The Kier molecular flexibility index (Phi) is 5.51. The molecule has 1 saturated heterocycles. The van der Waals surface area contributed by atoms with Gasteiger partial charge in [-0.05, 0) is 31.0 Å². The van der Waals surface area contributed by atoms with E-state index in [-0.39, 0.29) is 16.8 Å². The molecule has 5 nitrogen and oxygen atoms in total. The zero-order valence-electron chi connectivity index (χ0n) is 15.8. The summed E-state index contributed by atoms with van der Waals surface area (Å²) in [5.41, 5.74) is -0.148. The highest BCUT2D eigenvalue weighted by molar-refractivity contribution is 6.33. The van der Waals surface area contributed by atoms with Crippen LogP contribution in [-0.4, -0.2) is 29.0 Å². The van der Waals surface area contributed by atoms with Gasteiger partial charge in [-0.1, -0.05) is 23.7 Å². The molecule has 3 heterocycles. The molecule has 0 unspecified atom stereocenters. The van der Waals surface area contributed by atoms with Crippen molar-refractivity contribution in [3.8, 4) is 0 Å². The van der Waals surface area contributed by atoms with Gasteiger partial charge in [0.05, 0.1) is 10.6 Å². The molecule has 9 heteroatoms. The number of piperidine rings is 1. The lowest BCUT2D eigenvalue weighted by Gasteiger charge is -2.32. The third-order valence-electron chi connectivity index (χ3n) is 5.25. The smallest absolute Gasteiger partial charge is 0.355 e. The lowest BCUT2D eigenvalue weighted by atomic mass is 9.95. The molecule has 1 aromatic carbocycles. The number of alkyl halides is 3. The van der Waals surface area contributed by atoms with Crippen LogP contribution < -0.4 is 10.2 Å². The fourth-order valence-corrected chi connectivity index (χ4v) is 3.92. The first-order valence-electron chi connectivity index (χ1n) is 9.44. The highest BCUT2D eigenvalue weighted by Gasteiger charge is 2.33. The number of aromatic nitrogens is 2. The molecule has 1 amide bonds. The summed E-state index contributed by atoms with van der Waals surface area (Å²) >= 11 is 6.04. The van der Waals surface area contributed by atoms with E-state index in [2.05, 4.69) is 15.3 Å². The molecular weight excluding hydrogens is 417 g/mol. The quantitative estimate of drug-likeness (QED) is 0.618. The lowest BCUT2D eigenvalue weighted by Crippen LogP contribution is -2.38. The van der Waals surface area contributed by atoms with E-state index in [4.69, 9.17) is 11.6 Å². The van der Waals surface area contributed by atoms with E-state index in [0.717, 1.165) is 28.7 Å². The number of nitrogens with one attached hydrogen (secondary N) is 1. The van der Waals surface area contributed by atoms with Crippen LogP contribution in [0.25, 0.3) is 10.8 Å². The van der Waals surface area contributed by atoms with Crippen LogP contribution in [-0.2, 0) is 11.0 Å². The average Bonchev–Trinajstić information content (AvgIpc) is 2.73. The van der Waals surface area contributed by atoms with Crippen LogP contribution in [0.4, 0.5) is 24.7 Å². The minimum absolute atomic E-state index is 0.0444. The molecule has 1 N–H and O–H groups in total. The number of hydrogen-bond donors (Lipinski definition) is 1. The molecule has 156 valence electrons. The summed E-state index contributed by atoms with van der Waals surface area (Å²) in [6.07, 6.45) is 0.823. The molecule has 2 aromatic heterocycles. The van der Waals surface area contributed by atoms with E-state index < -0.39 is 11.7 Å². The Morgan fingerprint density at radius 2 is 1.93 bits per heavy atom. The SMILES string of the molecule is O=C(Nc1cccc2cnccc12)C1CCN(c2ncc(C(F)(F)F)cc2Cl)CC1. The number of hydrogen-bond acceptors (Lipinski definition) is 4. The van der Waals surface area contributed by atoms with Crippen LogP contribution in [0.15, 0.2) is 48.9 Å². The second kappa shape index (κ2) is 8.10. The Bertz CT molecular complexity index is 1080. The Hall–Kier alpha value is -2.87. The van der Waals surface area contributed by atoms with Crippen molar-refractivity contribution in [2.75, 3.05) is 23.3 Å². The fourth-order valence-electron chi connectivity index (χ4n) is 3.64. The zero-order valence-corrected chi connectivity index (χ0v) is 16.5. The predicted octanol–water partition coefficient (Wildman–Crippen LogP) is 5.16. The van der Waals surface area contributed by atoms with Crippen molar-refractivity contribution in [1.29, 1.82) is 0 Å². The third kappa shape index (κ3) is 4.18. The van der Waals surface area contributed by atoms with Gasteiger partial charge in [0.2, 0.25) is 5.91 Å². The summed E-state index contributed by atoms with van der Waals surface area (Å²) < 4.78 is 38.4. The summed E-state index contributed by atoms with van der Waals surface area (Å²) in [4.78, 5) is 22.6. The number of halogens is 4. The number of rotatable bonds is 3. The Labute approximate surface area is 175 Å². The molecule has 1 aliphatic rings. The molecule has 0 aliphatic carbocycles. The summed E-state index contributed by atoms with van der Waals surface area (Å²) in [6, 6.07) is 8.38. The van der Waals surface area contributed by atoms with E-state index >= 15 is 0 Å². The standard InChI is InChI=1S/C21H18ClF3N4O/c22-17-10-15(21(23,24)25)12-27-19(17)29-8-5-13(6-9-29)20(30)28-18-3-1-2-14-11-26-7-4-16(14)18/h1-4,7,10-13H,5-6,8-9H2,(H,28,30). The van der Waals surface area contributed by atoms with Crippen LogP contribution >= 0.6 is 11.6 Å². The second-order valence-electron chi connectivity index (χ2n) is 7.18. The summed E-state index contributed by atoms with van der Waals surface area (Å²) in [7, 11) is 0. The molecule has 4 rings (SSSR count). The molecular formula is C21H18ClF3N4O. The summed E-state index contributed by atoms with van der Waals surface area (Å²) in [5, 5.41) is 4.80. The maximum absolute atomic E-state index is 12.8. The fraction of sp³-hybridized carbons (Fsp3) is 0.286. The zero-order chi connectivity index (χ0) is 21.3. The Balaban J connectivity index is 1.41. The second-order valence-corrected chi connectivity index (χ2v) is 7.59. The number of carbonyl (C=O) groups excluding carboxylic acids is 1. The van der Waals surface area contributed by atoms with E-state index in [1.807, 2.05) is 29.2 Å². The highest BCUT2D eigenvalue weighted by Crippen LogP contribution is 2.35. The predicted molar refractivity (Wildman–Crippen MR) is 110 cm³/mol. The number of benzene rings is 1. The molecule has 0 radical (unpaired) electrons. The van der Waals surface area contributed by atoms with Crippen molar-refractivity contribution in [3.63, 3.8) is 0 Å². The number of nitrogens with zero attached hydrogens (tertiary/aromatic N) is 3. The van der Waals surface area contributed by atoms with E-state index in [0.29, 0.717) is 31.7 Å². The largest absolute Gasteiger partial charge is 0.417 e. The van der Waals surface area contributed by atoms with Gasteiger partial charge >= 0.3 is 6.18 Å². The van der Waals surface area contributed by atoms with Crippen LogP contribution in [0, 0.1) is 5.92 Å². The van der Waals surface area contributed by atoms with Crippen molar-refractivity contribution in [2.45, 2.75) is 19.0 Å². The molecule has 0 saturated carbocycles. The van der Waals surface area contributed by atoms with Crippen LogP contribution in [0.5, 0.6) is 0 Å². The van der Waals surface area contributed by atoms with Gasteiger partial charge in [0.1, 0.15) is 5.82 Å². The van der Waals surface area contributed by atoms with Gasteiger partial charge in [-0.2, -0.15) is 13.2 Å². The molecule has 0 bridgehead atoms. The van der Waals surface area contributed by atoms with Gasteiger partial charge in [0.25, 0.3) is 0 Å². The van der Waals surface area contributed by atoms with Gasteiger partial charge in [-0.15, -0.1) is 0 Å². The highest BCUT2D eigenvalue weighted by atomic mass is 35.5. The van der Waals surface area contributed by atoms with Crippen molar-refractivity contribution < 1.29 is 18.0 Å².